The molecule has 1 aliphatic rings. The second kappa shape index (κ2) is 11.0. The van der Waals surface area contributed by atoms with Crippen LogP contribution in [0.15, 0.2) is 42.5 Å². The Kier molecular flexibility index (Phi) is 8.35. The fraction of sp³-hybridized carbons (Fsp3) is 0.333. The SMILES string of the molecule is CCN(CC)CCN(C(=O)c1ccc(N2C(=O)CCC2=O)cc1)c1nc2c(F)cccc2s1.Cl. The normalized spacial score (nSPS) is 13.6. The molecule has 0 bridgehead atoms. The van der Waals surface area contributed by atoms with E-state index < -0.39 is 5.82 Å². The van der Waals surface area contributed by atoms with Crippen LogP contribution in [0.2, 0.25) is 0 Å². The van der Waals surface area contributed by atoms with E-state index in [1.807, 2.05) is 0 Å². The first-order valence-electron chi connectivity index (χ1n) is 11.0. The molecule has 1 aromatic heterocycles. The third-order valence-corrected chi connectivity index (χ3v) is 6.84. The van der Waals surface area contributed by atoms with Gasteiger partial charge in [-0.1, -0.05) is 31.3 Å². The van der Waals surface area contributed by atoms with Gasteiger partial charge in [0, 0.05) is 31.5 Å². The molecule has 0 radical (unpaired) electrons. The molecule has 1 aliphatic heterocycles. The van der Waals surface area contributed by atoms with Crippen molar-refractivity contribution >= 4 is 62.5 Å². The molecule has 2 aromatic carbocycles. The number of hydrogen-bond acceptors (Lipinski definition) is 6. The summed E-state index contributed by atoms with van der Waals surface area (Å²) < 4.78 is 14.9. The lowest BCUT2D eigenvalue weighted by atomic mass is 10.1. The van der Waals surface area contributed by atoms with E-state index in [1.165, 1.54) is 17.4 Å². The van der Waals surface area contributed by atoms with E-state index in [2.05, 4.69) is 23.7 Å². The monoisotopic (exact) mass is 504 g/mol. The van der Waals surface area contributed by atoms with Crippen LogP contribution < -0.4 is 9.80 Å². The van der Waals surface area contributed by atoms with Gasteiger partial charge in [-0.15, -0.1) is 12.4 Å². The molecule has 0 unspecified atom stereocenters. The fourth-order valence-corrected chi connectivity index (χ4v) is 4.86. The van der Waals surface area contributed by atoms with Gasteiger partial charge in [0.25, 0.3) is 5.91 Å². The van der Waals surface area contributed by atoms with Gasteiger partial charge in [-0.2, -0.15) is 0 Å². The number of carbonyl (C=O) groups excluding carboxylic acids is 3. The van der Waals surface area contributed by atoms with Crippen LogP contribution in [0.25, 0.3) is 10.2 Å². The lowest BCUT2D eigenvalue weighted by Crippen LogP contribution is -2.39. The Morgan fingerprint density at radius 3 is 2.26 bits per heavy atom. The molecule has 3 amide bonds. The number of para-hydroxylation sites is 1. The van der Waals surface area contributed by atoms with Crippen LogP contribution in [0.3, 0.4) is 0 Å². The van der Waals surface area contributed by atoms with Crippen LogP contribution in [-0.2, 0) is 9.59 Å². The van der Waals surface area contributed by atoms with Crippen molar-refractivity contribution in [2.45, 2.75) is 26.7 Å². The summed E-state index contributed by atoms with van der Waals surface area (Å²) in [5.41, 5.74) is 1.10. The van der Waals surface area contributed by atoms with Gasteiger partial charge < -0.3 is 4.90 Å². The van der Waals surface area contributed by atoms with Crippen LogP contribution in [-0.4, -0.2) is 53.8 Å². The molecule has 0 atom stereocenters. The number of anilines is 2. The number of imide groups is 1. The number of rotatable bonds is 8. The standard InChI is InChI=1S/C24H25FN4O3S.ClH/c1-3-27(4-2)14-15-28(24-26-22-18(25)6-5-7-19(22)33-24)23(32)16-8-10-17(11-9-16)29-20(30)12-13-21(29)31;/h5-11H,3-4,12-15H2,1-2H3;1H. The zero-order chi connectivity index (χ0) is 23.5. The third kappa shape index (κ3) is 5.11. The number of amides is 3. The minimum atomic E-state index is -0.421. The van der Waals surface area contributed by atoms with Gasteiger partial charge in [-0.3, -0.25) is 24.2 Å². The number of hydrogen-bond donors (Lipinski definition) is 0. The lowest BCUT2D eigenvalue weighted by molar-refractivity contribution is -0.121. The highest BCUT2D eigenvalue weighted by Gasteiger charge is 2.30. The molecule has 0 spiro atoms. The number of fused-ring (bicyclic) bond motifs is 1. The smallest absolute Gasteiger partial charge is 0.260 e. The van der Waals surface area contributed by atoms with Crippen LogP contribution in [0.4, 0.5) is 15.2 Å². The fourth-order valence-electron chi connectivity index (χ4n) is 3.86. The summed E-state index contributed by atoms with van der Waals surface area (Å²) in [5, 5.41) is 0.432. The predicted molar refractivity (Wildman–Crippen MR) is 134 cm³/mol. The van der Waals surface area contributed by atoms with Crippen molar-refractivity contribution < 1.29 is 18.8 Å². The van der Waals surface area contributed by atoms with E-state index in [1.54, 1.807) is 41.3 Å². The highest BCUT2D eigenvalue weighted by molar-refractivity contribution is 7.22. The second-order valence-electron chi connectivity index (χ2n) is 7.74. The maximum Gasteiger partial charge on any atom is 0.260 e. The average Bonchev–Trinajstić information content (AvgIpc) is 3.40. The predicted octanol–water partition coefficient (Wildman–Crippen LogP) is 4.50. The molecule has 1 fully saturated rings. The van der Waals surface area contributed by atoms with Gasteiger partial charge in [0.05, 0.1) is 10.4 Å². The first-order chi connectivity index (χ1) is 15.9. The number of carbonyl (C=O) groups is 3. The Morgan fingerprint density at radius 2 is 1.68 bits per heavy atom. The summed E-state index contributed by atoms with van der Waals surface area (Å²) in [4.78, 5) is 46.8. The molecule has 1 saturated heterocycles. The molecule has 0 saturated carbocycles. The van der Waals surface area contributed by atoms with E-state index in [9.17, 15) is 18.8 Å². The summed E-state index contributed by atoms with van der Waals surface area (Å²) in [6, 6.07) is 11.2. The Balaban J connectivity index is 0.00000324. The van der Waals surface area contributed by atoms with Gasteiger partial charge in [0.1, 0.15) is 11.3 Å². The number of nitrogens with zero attached hydrogens (tertiary/aromatic N) is 4. The van der Waals surface area contributed by atoms with E-state index >= 15 is 0 Å². The van der Waals surface area contributed by atoms with Crippen LogP contribution in [0, 0.1) is 5.82 Å². The minimum Gasteiger partial charge on any atom is -0.302 e. The van der Waals surface area contributed by atoms with Gasteiger partial charge in [-0.25, -0.2) is 9.37 Å². The average molecular weight is 505 g/mol. The van der Waals surface area contributed by atoms with Crippen molar-refractivity contribution in [1.29, 1.82) is 0 Å². The summed E-state index contributed by atoms with van der Waals surface area (Å²) in [6.45, 7) is 6.85. The van der Waals surface area contributed by atoms with E-state index in [0.29, 0.717) is 34.2 Å². The lowest BCUT2D eigenvalue weighted by Gasteiger charge is -2.25. The maximum atomic E-state index is 14.2. The molecule has 2 heterocycles. The van der Waals surface area contributed by atoms with Gasteiger partial charge in [-0.05, 0) is 49.5 Å². The highest BCUT2D eigenvalue weighted by atomic mass is 35.5. The summed E-state index contributed by atoms with van der Waals surface area (Å²) in [5.74, 6) is -1.17. The van der Waals surface area contributed by atoms with Crippen LogP contribution >= 0.6 is 23.7 Å². The number of aromatic nitrogens is 1. The van der Waals surface area contributed by atoms with E-state index in [0.717, 1.165) is 18.0 Å². The Morgan fingerprint density at radius 1 is 1.03 bits per heavy atom. The summed E-state index contributed by atoms with van der Waals surface area (Å²) in [6.07, 6.45) is 0.402. The number of thiazole rings is 1. The topological polar surface area (TPSA) is 73.8 Å². The largest absolute Gasteiger partial charge is 0.302 e. The number of benzene rings is 2. The van der Waals surface area contributed by atoms with Crippen LogP contribution in [0.5, 0.6) is 0 Å². The third-order valence-electron chi connectivity index (χ3n) is 5.79. The molecule has 3 aromatic rings. The molecular weight excluding hydrogens is 479 g/mol. The first-order valence-corrected chi connectivity index (χ1v) is 11.8. The summed E-state index contributed by atoms with van der Waals surface area (Å²) in [7, 11) is 0. The van der Waals surface area contributed by atoms with Gasteiger partial charge >= 0.3 is 0 Å². The maximum absolute atomic E-state index is 14.2. The van der Waals surface area contributed by atoms with Crippen molar-refractivity contribution in [3.8, 4) is 0 Å². The van der Waals surface area contributed by atoms with Crippen molar-refractivity contribution in [3.05, 3.63) is 53.8 Å². The Labute approximate surface area is 207 Å². The van der Waals surface area contributed by atoms with Crippen molar-refractivity contribution in [1.82, 2.24) is 9.88 Å². The van der Waals surface area contributed by atoms with Crippen molar-refractivity contribution in [3.63, 3.8) is 0 Å². The van der Waals surface area contributed by atoms with Crippen molar-refractivity contribution in [2.75, 3.05) is 36.0 Å². The number of halogens is 2. The Bertz CT molecular complexity index is 1180. The zero-order valence-electron chi connectivity index (χ0n) is 19.0. The Hall–Kier alpha value is -2.88. The van der Waals surface area contributed by atoms with E-state index in [4.69, 9.17) is 0 Å². The molecule has 10 heteroatoms. The number of likely N-dealkylation sites (N-methyl/N-ethyl adjacent to an activating group) is 1. The molecular formula is C24H26ClFN4O3S. The highest BCUT2D eigenvalue weighted by Crippen LogP contribution is 2.31. The molecule has 180 valence electrons. The second-order valence-corrected chi connectivity index (χ2v) is 8.75. The quantitative estimate of drug-likeness (QED) is 0.422. The zero-order valence-corrected chi connectivity index (χ0v) is 20.6. The first kappa shape index (κ1) is 25.7. The van der Waals surface area contributed by atoms with Crippen molar-refractivity contribution in [2.24, 2.45) is 0 Å². The molecule has 34 heavy (non-hydrogen) atoms. The minimum absolute atomic E-state index is 0. The van der Waals surface area contributed by atoms with Crippen LogP contribution in [0.1, 0.15) is 37.0 Å². The van der Waals surface area contributed by atoms with E-state index in [-0.39, 0.29) is 48.5 Å². The van der Waals surface area contributed by atoms with Gasteiger partial charge in [0.15, 0.2) is 5.13 Å². The molecule has 0 N–H and O–H groups in total. The molecule has 0 aliphatic carbocycles. The summed E-state index contributed by atoms with van der Waals surface area (Å²) >= 11 is 1.27. The molecule has 7 nitrogen and oxygen atoms in total. The molecule has 4 rings (SSSR count). The van der Waals surface area contributed by atoms with Gasteiger partial charge in [0.2, 0.25) is 11.8 Å².